The third-order valence-electron chi connectivity index (χ3n) is 5.96. The molecular formula is C23H24N4O2. The second-order valence-electron chi connectivity index (χ2n) is 7.98. The van der Waals surface area contributed by atoms with Gasteiger partial charge in [0.15, 0.2) is 0 Å². The fourth-order valence-corrected chi connectivity index (χ4v) is 4.38. The average Bonchev–Trinajstić information content (AvgIpc) is 3.31. The van der Waals surface area contributed by atoms with Gasteiger partial charge in [-0.25, -0.2) is 4.98 Å². The molecule has 0 bridgehead atoms. The third-order valence-corrected chi connectivity index (χ3v) is 5.96. The topological polar surface area (TPSA) is 67.2 Å². The number of hydrogen-bond acceptors (Lipinski definition) is 3. The molecule has 29 heavy (non-hydrogen) atoms. The summed E-state index contributed by atoms with van der Waals surface area (Å²) in [5.41, 5.74) is 4.55. The Labute approximate surface area is 169 Å². The van der Waals surface area contributed by atoms with Crippen LogP contribution in [0.25, 0.3) is 11.0 Å². The van der Waals surface area contributed by atoms with Gasteiger partial charge in [-0.3, -0.25) is 9.59 Å². The van der Waals surface area contributed by atoms with E-state index in [0.717, 1.165) is 53.9 Å². The quantitative estimate of drug-likeness (QED) is 0.749. The number of aromatic nitrogens is 2. The van der Waals surface area contributed by atoms with Gasteiger partial charge in [0.1, 0.15) is 11.9 Å². The van der Waals surface area contributed by atoms with Gasteiger partial charge in [0.2, 0.25) is 5.91 Å². The molecule has 1 fully saturated rings. The molecule has 0 saturated carbocycles. The number of anilines is 1. The van der Waals surface area contributed by atoms with E-state index in [4.69, 9.17) is 0 Å². The predicted octanol–water partition coefficient (Wildman–Crippen LogP) is 3.22. The van der Waals surface area contributed by atoms with Gasteiger partial charge in [0.05, 0.1) is 11.0 Å². The van der Waals surface area contributed by atoms with Crippen molar-refractivity contribution in [2.75, 3.05) is 11.4 Å². The zero-order chi connectivity index (χ0) is 20.0. The van der Waals surface area contributed by atoms with Crippen LogP contribution >= 0.6 is 0 Å². The summed E-state index contributed by atoms with van der Waals surface area (Å²) in [5.74, 6) is 0.845. The van der Waals surface area contributed by atoms with Crippen molar-refractivity contribution >= 4 is 28.5 Å². The summed E-state index contributed by atoms with van der Waals surface area (Å²) < 4.78 is 2.19. The molecule has 2 aliphatic rings. The van der Waals surface area contributed by atoms with Gasteiger partial charge in [-0.2, -0.15) is 0 Å². The van der Waals surface area contributed by atoms with E-state index in [2.05, 4.69) is 14.9 Å². The summed E-state index contributed by atoms with van der Waals surface area (Å²) in [4.78, 5) is 32.3. The molecule has 1 aromatic heterocycles. The van der Waals surface area contributed by atoms with E-state index in [1.165, 1.54) is 0 Å². The van der Waals surface area contributed by atoms with Crippen molar-refractivity contribution in [2.24, 2.45) is 0 Å². The minimum absolute atomic E-state index is 0.0419. The summed E-state index contributed by atoms with van der Waals surface area (Å²) in [6.45, 7) is 3.66. The van der Waals surface area contributed by atoms with Crippen LogP contribution in [0.3, 0.4) is 0 Å². The third kappa shape index (κ3) is 3.18. The number of nitrogens with one attached hydrogen (secondary N) is 1. The van der Waals surface area contributed by atoms with Crippen LogP contribution in [0.1, 0.15) is 41.0 Å². The van der Waals surface area contributed by atoms with E-state index in [1.54, 1.807) is 11.0 Å². The number of carbonyl (C=O) groups is 2. The highest BCUT2D eigenvalue weighted by molar-refractivity contribution is 6.03. The van der Waals surface area contributed by atoms with Crippen molar-refractivity contribution in [2.45, 2.75) is 45.2 Å². The average molecular weight is 388 g/mol. The molecular weight excluding hydrogens is 364 g/mol. The number of piperidine rings is 1. The van der Waals surface area contributed by atoms with Crippen molar-refractivity contribution in [3.63, 3.8) is 0 Å². The Balaban J connectivity index is 1.35. The molecule has 3 heterocycles. The first-order valence-corrected chi connectivity index (χ1v) is 10.3. The summed E-state index contributed by atoms with van der Waals surface area (Å²) in [5, 5.41) is 2.96. The molecule has 6 nitrogen and oxygen atoms in total. The number of imidazole rings is 1. The Morgan fingerprint density at radius 1 is 1.10 bits per heavy atom. The van der Waals surface area contributed by atoms with Gasteiger partial charge in [0, 0.05) is 30.8 Å². The van der Waals surface area contributed by atoms with Crippen molar-refractivity contribution in [3.8, 4) is 0 Å². The van der Waals surface area contributed by atoms with E-state index in [9.17, 15) is 9.59 Å². The van der Waals surface area contributed by atoms with Crippen LogP contribution in [0.2, 0.25) is 0 Å². The highest BCUT2D eigenvalue weighted by atomic mass is 16.2. The maximum absolute atomic E-state index is 13.0. The van der Waals surface area contributed by atoms with E-state index in [-0.39, 0.29) is 11.8 Å². The van der Waals surface area contributed by atoms with Gasteiger partial charge in [-0.1, -0.05) is 17.7 Å². The van der Waals surface area contributed by atoms with Gasteiger partial charge in [0.25, 0.3) is 5.91 Å². The largest absolute Gasteiger partial charge is 0.340 e. The molecule has 0 spiro atoms. The first-order valence-electron chi connectivity index (χ1n) is 10.3. The van der Waals surface area contributed by atoms with Crippen LogP contribution in [0.15, 0.2) is 42.5 Å². The number of rotatable bonds is 3. The molecule has 0 aliphatic carbocycles. The van der Waals surface area contributed by atoms with Crippen molar-refractivity contribution in [1.82, 2.24) is 14.9 Å². The number of aryl methyl sites for hydroxylation is 3. The molecule has 148 valence electrons. The first kappa shape index (κ1) is 17.9. The lowest BCUT2D eigenvalue weighted by Gasteiger charge is -2.32. The Kier molecular flexibility index (Phi) is 4.34. The molecule has 0 unspecified atom stereocenters. The zero-order valence-electron chi connectivity index (χ0n) is 16.5. The minimum atomic E-state index is -0.496. The fourth-order valence-electron chi connectivity index (χ4n) is 4.38. The van der Waals surface area contributed by atoms with Crippen molar-refractivity contribution in [3.05, 3.63) is 59.4 Å². The van der Waals surface area contributed by atoms with E-state index in [0.29, 0.717) is 18.5 Å². The fraction of sp³-hybridized carbons (Fsp3) is 0.348. The summed E-state index contributed by atoms with van der Waals surface area (Å²) >= 11 is 0. The van der Waals surface area contributed by atoms with Gasteiger partial charge in [-0.15, -0.1) is 0 Å². The second-order valence-corrected chi connectivity index (χ2v) is 7.98. The van der Waals surface area contributed by atoms with Crippen LogP contribution < -0.4 is 10.2 Å². The number of nitrogens with zero attached hydrogens (tertiary/aromatic N) is 3. The maximum Gasteiger partial charge on any atom is 0.252 e. The van der Waals surface area contributed by atoms with Crippen LogP contribution in [0.4, 0.5) is 5.69 Å². The van der Waals surface area contributed by atoms with Crippen LogP contribution in [0, 0.1) is 6.92 Å². The van der Waals surface area contributed by atoms with Crippen LogP contribution in [-0.4, -0.2) is 34.0 Å². The molecule has 5 rings (SSSR count). The van der Waals surface area contributed by atoms with Gasteiger partial charge >= 0.3 is 0 Å². The molecule has 1 N–H and O–H groups in total. The van der Waals surface area contributed by atoms with Gasteiger partial charge in [-0.05, 0) is 56.5 Å². The minimum Gasteiger partial charge on any atom is -0.340 e. The number of fused-ring (bicyclic) bond motifs is 3. The number of carbonyl (C=O) groups excluding carboxylic acids is 2. The Hall–Kier alpha value is -3.15. The van der Waals surface area contributed by atoms with E-state index in [1.807, 2.05) is 43.3 Å². The molecule has 2 amide bonds. The highest BCUT2D eigenvalue weighted by Crippen LogP contribution is 2.25. The van der Waals surface area contributed by atoms with E-state index >= 15 is 0 Å². The summed E-state index contributed by atoms with van der Waals surface area (Å²) in [6.07, 6.45) is 3.61. The number of benzene rings is 2. The molecule has 1 saturated heterocycles. The summed E-state index contributed by atoms with van der Waals surface area (Å²) in [6, 6.07) is 13.0. The molecule has 2 aromatic carbocycles. The van der Waals surface area contributed by atoms with E-state index < -0.39 is 6.04 Å². The van der Waals surface area contributed by atoms with Crippen LogP contribution in [0.5, 0.6) is 0 Å². The van der Waals surface area contributed by atoms with Gasteiger partial charge < -0.3 is 14.8 Å². The Morgan fingerprint density at radius 3 is 2.76 bits per heavy atom. The first-order chi connectivity index (χ1) is 14.1. The standard InChI is InChI=1S/C23H24N4O2/c1-15-6-9-17(10-7-15)26-12-2-4-19(23(26)29)25-22(28)16-8-11-18-20(14-16)27-13-3-5-21(27)24-18/h6-11,14,19H,2-5,12-13H2,1H3,(H,25,28)/t19-/m1/s1. The Bertz CT molecular complexity index is 1100. The monoisotopic (exact) mass is 388 g/mol. The normalized spacial score (nSPS) is 18.9. The smallest absolute Gasteiger partial charge is 0.252 e. The maximum atomic E-state index is 13.0. The lowest BCUT2D eigenvalue weighted by molar-refractivity contribution is -0.121. The molecule has 6 heteroatoms. The lowest BCUT2D eigenvalue weighted by atomic mass is 10.0. The van der Waals surface area contributed by atoms with Crippen molar-refractivity contribution < 1.29 is 9.59 Å². The lowest BCUT2D eigenvalue weighted by Crippen LogP contribution is -2.52. The van der Waals surface area contributed by atoms with Crippen LogP contribution in [-0.2, 0) is 17.8 Å². The summed E-state index contributed by atoms with van der Waals surface area (Å²) in [7, 11) is 0. The number of amides is 2. The zero-order valence-corrected chi connectivity index (χ0v) is 16.5. The molecule has 1 atom stereocenters. The van der Waals surface area contributed by atoms with Crippen molar-refractivity contribution in [1.29, 1.82) is 0 Å². The SMILES string of the molecule is Cc1ccc(N2CCC[C@@H](NC(=O)c3ccc4nc5n(c4c3)CCC5)C2=O)cc1. The molecule has 3 aromatic rings. The highest BCUT2D eigenvalue weighted by Gasteiger charge is 2.31. The Morgan fingerprint density at radius 2 is 1.93 bits per heavy atom. The molecule has 0 radical (unpaired) electrons. The second kappa shape index (κ2) is 7.03. The predicted molar refractivity (Wildman–Crippen MR) is 112 cm³/mol. The molecule has 2 aliphatic heterocycles. The number of hydrogen-bond donors (Lipinski definition) is 1.